The Morgan fingerprint density at radius 1 is 1.00 bits per heavy atom. The van der Waals surface area contributed by atoms with Gasteiger partial charge in [0.05, 0.1) is 25.2 Å². The number of carbonyl (C=O) groups is 1. The molecule has 0 bridgehead atoms. The fourth-order valence-corrected chi connectivity index (χ4v) is 3.53. The van der Waals surface area contributed by atoms with E-state index in [0.29, 0.717) is 22.7 Å². The van der Waals surface area contributed by atoms with Crippen LogP contribution in [0.15, 0.2) is 59.8 Å². The SMILES string of the molecule is COc1ccc(NC(=O)[C@H](C)Sc2nc(-c3ccccc3)cc(C(F)(F)F)n2)cc1OC. The Kier molecular flexibility index (Phi) is 7.24. The Labute approximate surface area is 187 Å². The summed E-state index contributed by atoms with van der Waals surface area (Å²) in [5, 5.41) is 1.79. The number of nitrogens with zero attached hydrogens (tertiary/aromatic N) is 2. The Hall–Kier alpha value is -3.27. The number of aromatic nitrogens is 2. The van der Waals surface area contributed by atoms with Gasteiger partial charge in [-0.25, -0.2) is 9.97 Å². The lowest BCUT2D eigenvalue weighted by Crippen LogP contribution is -2.23. The highest BCUT2D eigenvalue weighted by Gasteiger charge is 2.34. The minimum atomic E-state index is -4.65. The van der Waals surface area contributed by atoms with Crippen LogP contribution in [0.4, 0.5) is 18.9 Å². The Morgan fingerprint density at radius 2 is 1.69 bits per heavy atom. The summed E-state index contributed by atoms with van der Waals surface area (Å²) < 4.78 is 50.5. The molecule has 1 heterocycles. The van der Waals surface area contributed by atoms with Crippen LogP contribution in [-0.4, -0.2) is 35.3 Å². The summed E-state index contributed by atoms with van der Waals surface area (Å²) in [6.45, 7) is 1.56. The van der Waals surface area contributed by atoms with Crippen LogP contribution in [0.2, 0.25) is 0 Å². The van der Waals surface area contributed by atoms with Gasteiger partial charge in [0.15, 0.2) is 16.7 Å². The van der Waals surface area contributed by atoms with Crippen molar-refractivity contribution in [3.63, 3.8) is 0 Å². The standard InChI is InChI=1S/C22H20F3N3O3S/c1-13(20(29)26-15-9-10-17(30-2)18(11-15)31-3)32-21-27-16(14-7-5-4-6-8-14)12-19(28-21)22(23,24)25/h4-13H,1-3H3,(H,26,29)/t13-/m0/s1. The third-order valence-corrected chi connectivity index (χ3v) is 5.33. The van der Waals surface area contributed by atoms with Gasteiger partial charge in [-0.1, -0.05) is 42.1 Å². The molecule has 3 aromatic rings. The average Bonchev–Trinajstić information content (AvgIpc) is 2.78. The highest BCUT2D eigenvalue weighted by Crippen LogP contribution is 2.33. The van der Waals surface area contributed by atoms with Crippen LogP contribution in [0.1, 0.15) is 12.6 Å². The van der Waals surface area contributed by atoms with Crippen LogP contribution in [0, 0.1) is 0 Å². The number of hydrogen-bond acceptors (Lipinski definition) is 6. The lowest BCUT2D eigenvalue weighted by molar-refractivity contribution is -0.141. The topological polar surface area (TPSA) is 73.3 Å². The zero-order valence-corrected chi connectivity index (χ0v) is 18.3. The average molecular weight is 463 g/mol. The number of amides is 1. The van der Waals surface area contributed by atoms with E-state index in [1.807, 2.05) is 0 Å². The Bertz CT molecular complexity index is 1090. The van der Waals surface area contributed by atoms with Crippen molar-refractivity contribution in [2.24, 2.45) is 0 Å². The van der Waals surface area contributed by atoms with Gasteiger partial charge >= 0.3 is 6.18 Å². The highest BCUT2D eigenvalue weighted by atomic mass is 32.2. The smallest absolute Gasteiger partial charge is 0.433 e. The Balaban J connectivity index is 1.82. The molecule has 1 amide bonds. The number of ether oxygens (including phenoxy) is 2. The highest BCUT2D eigenvalue weighted by molar-refractivity contribution is 8.00. The van der Waals surface area contributed by atoms with Crippen LogP contribution >= 0.6 is 11.8 Å². The second-order valence-electron chi connectivity index (χ2n) is 6.60. The van der Waals surface area contributed by atoms with Crippen LogP contribution in [0.25, 0.3) is 11.3 Å². The van der Waals surface area contributed by atoms with Gasteiger partial charge in [0.2, 0.25) is 5.91 Å². The molecule has 0 spiro atoms. The first-order valence-corrected chi connectivity index (χ1v) is 10.3. The van der Waals surface area contributed by atoms with E-state index in [0.717, 1.165) is 17.8 Å². The summed E-state index contributed by atoms with van der Waals surface area (Å²) in [6.07, 6.45) is -4.65. The molecule has 0 aliphatic carbocycles. The quantitative estimate of drug-likeness (QED) is 0.379. The fraction of sp³-hybridized carbons (Fsp3) is 0.227. The van der Waals surface area contributed by atoms with Crippen molar-refractivity contribution in [1.29, 1.82) is 0 Å². The first-order valence-electron chi connectivity index (χ1n) is 9.42. The van der Waals surface area contributed by atoms with E-state index in [1.54, 1.807) is 55.5 Å². The van der Waals surface area contributed by atoms with Gasteiger partial charge in [0, 0.05) is 17.3 Å². The second-order valence-corrected chi connectivity index (χ2v) is 7.91. The summed E-state index contributed by atoms with van der Waals surface area (Å²) in [5.41, 5.74) is 0.0315. The number of carbonyl (C=O) groups excluding carboxylic acids is 1. The van der Waals surface area contributed by atoms with Crippen molar-refractivity contribution < 1.29 is 27.4 Å². The monoisotopic (exact) mass is 463 g/mol. The molecule has 32 heavy (non-hydrogen) atoms. The van der Waals surface area contributed by atoms with E-state index >= 15 is 0 Å². The number of halogens is 3. The van der Waals surface area contributed by atoms with E-state index in [-0.39, 0.29) is 10.9 Å². The molecule has 10 heteroatoms. The zero-order chi connectivity index (χ0) is 23.3. The van der Waals surface area contributed by atoms with Crippen molar-refractivity contribution in [3.05, 3.63) is 60.3 Å². The van der Waals surface area contributed by atoms with Crippen molar-refractivity contribution in [2.75, 3.05) is 19.5 Å². The molecule has 0 radical (unpaired) electrons. The molecular weight excluding hydrogens is 443 g/mol. The van der Waals surface area contributed by atoms with E-state index in [2.05, 4.69) is 15.3 Å². The Morgan fingerprint density at radius 3 is 2.31 bits per heavy atom. The van der Waals surface area contributed by atoms with E-state index in [1.165, 1.54) is 14.2 Å². The maximum absolute atomic E-state index is 13.4. The maximum Gasteiger partial charge on any atom is 0.433 e. The molecular formula is C22H20F3N3O3S. The molecule has 1 N–H and O–H groups in total. The van der Waals surface area contributed by atoms with Crippen molar-refractivity contribution in [2.45, 2.75) is 23.5 Å². The lowest BCUT2D eigenvalue weighted by Gasteiger charge is -2.15. The van der Waals surface area contributed by atoms with Gasteiger partial charge in [-0.3, -0.25) is 4.79 Å². The molecule has 1 atom stereocenters. The van der Waals surface area contributed by atoms with Gasteiger partial charge < -0.3 is 14.8 Å². The minimum absolute atomic E-state index is 0.128. The molecule has 0 unspecified atom stereocenters. The van der Waals surface area contributed by atoms with Gasteiger partial charge in [0.1, 0.15) is 5.69 Å². The number of benzene rings is 2. The molecule has 6 nitrogen and oxygen atoms in total. The predicted octanol–water partition coefficient (Wildman–Crippen LogP) is 5.30. The van der Waals surface area contributed by atoms with Gasteiger partial charge in [-0.15, -0.1) is 0 Å². The van der Waals surface area contributed by atoms with E-state index in [4.69, 9.17) is 9.47 Å². The molecule has 0 fully saturated rings. The van der Waals surface area contributed by atoms with Crippen LogP contribution in [0.5, 0.6) is 11.5 Å². The number of methoxy groups -OCH3 is 2. The molecule has 168 valence electrons. The normalized spacial score (nSPS) is 12.2. The molecule has 0 aliphatic heterocycles. The van der Waals surface area contributed by atoms with E-state index < -0.39 is 23.0 Å². The molecule has 0 saturated heterocycles. The zero-order valence-electron chi connectivity index (χ0n) is 17.4. The maximum atomic E-state index is 13.4. The molecule has 0 saturated carbocycles. The van der Waals surface area contributed by atoms with Crippen LogP contribution in [0.3, 0.4) is 0 Å². The largest absolute Gasteiger partial charge is 0.493 e. The fourth-order valence-electron chi connectivity index (χ4n) is 2.75. The van der Waals surface area contributed by atoms with Crippen molar-refractivity contribution in [1.82, 2.24) is 9.97 Å². The molecule has 2 aromatic carbocycles. The first-order chi connectivity index (χ1) is 15.2. The number of rotatable bonds is 7. The van der Waals surface area contributed by atoms with Crippen molar-refractivity contribution >= 4 is 23.4 Å². The first kappa shape index (κ1) is 23.4. The molecule has 1 aromatic heterocycles. The number of nitrogens with one attached hydrogen (secondary N) is 1. The molecule has 3 rings (SSSR count). The van der Waals surface area contributed by atoms with Gasteiger partial charge in [0.25, 0.3) is 0 Å². The van der Waals surface area contributed by atoms with Crippen molar-refractivity contribution in [3.8, 4) is 22.8 Å². The number of hydrogen-bond donors (Lipinski definition) is 1. The summed E-state index contributed by atoms with van der Waals surface area (Å²) in [7, 11) is 2.96. The summed E-state index contributed by atoms with van der Waals surface area (Å²) >= 11 is 0.837. The van der Waals surface area contributed by atoms with Gasteiger partial charge in [-0.05, 0) is 25.1 Å². The predicted molar refractivity (Wildman–Crippen MR) is 116 cm³/mol. The number of anilines is 1. The summed E-state index contributed by atoms with van der Waals surface area (Å²) in [6, 6.07) is 14.2. The third kappa shape index (κ3) is 5.70. The third-order valence-electron chi connectivity index (χ3n) is 4.37. The lowest BCUT2D eigenvalue weighted by atomic mass is 10.1. The van der Waals surface area contributed by atoms with E-state index in [9.17, 15) is 18.0 Å². The minimum Gasteiger partial charge on any atom is -0.493 e. The van der Waals surface area contributed by atoms with Gasteiger partial charge in [-0.2, -0.15) is 13.2 Å². The molecule has 0 aliphatic rings. The summed E-state index contributed by atoms with van der Waals surface area (Å²) in [5.74, 6) is 0.502. The number of alkyl halides is 3. The van der Waals surface area contributed by atoms with Crippen LogP contribution in [-0.2, 0) is 11.0 Å². The number of thioether (sulfide) groups is 1. The van der Waals surface area contributed by atoms with Crippen LogP contribution < -0.4 is 14.8 Å². The second kappa shape index (κ2) is 9.90. The summed E-state index contributed by atoms with van der Waals surface area (Å²) in [4.78, 5) is 20.5.